The molecule has 3 rings (SSSR count). The molecule has 0 fully saturated rings. The molecule has 8 nitrogen and oxygen atoms in total. The fourth-order valence-electron chi connectivity index (χ4n) is 2.81. The highest BCUT2D eigenvalue weighted by Gasteiger charge is 2.07. The van der Waals surface area contributed by atoms with Gasteiger partial charge in [-0.25, -0.2) is 9.38 Å². The summed E-state index contributed by atoms with van der Waals surface area (Å²) in [4.78, 5) is 8.49. The van der Waals surface area contributed by atoms with Crippen LogP contribution in [0.2, 0.25) is 0 Å². The Morgan fingerprint density at radius 1 is 1.23 bits per heavy atom. The van der Waals surface area contributed by atoms with E-state index in [0.29, 0.717) is 24.8 Å². The van der Waals surface area contributed by atoms with Crippen molar-refractivity contribution >= 4 is 29.9 Å². The van der Waals surface area contributed by atoms with E-state index in [4.69, 9.17) is 4.74 Å². The number of pyridine rings is 1. The van der Waals surface area contributed by atoms with Crippen molar-refractivity contribution in [3.8, 4) is 11.5 Å². The summed E-state index contributed by atoms with van der Waals surface area (Å²) in [5, 5.41) is 14.5. The molecule has 166 valence electrons. The fraction of sp³-hybridized carbons (Fsp3) is 0.333. The number of ether oxygens (including phenoxy) is 1. The van der Waals surface area contributed by atoms with E-state index in [-0.39, 0.29) is 29.7 Å². The zero-order chi connectivity index (χ0) is 21.2. The van der Waals surface area contributed by atoms with Crippen LogP contribution < -0.4 is 15.4 Å². The minimum Gasteiger partial charge on any atom is -0.453 e. The Bertz CT molecular complexity index is 965. The van der Waals surface area contributed by atoms with Crippen molar-refractivity contribution in [3.05, 3.63) is 66.3 Å². The number of benzene rings is 1. The zero-order valence-electron chi connectivity index (χ0n) is 17.6. The van der Waals surface area contributed by atoms with Gasteiger partial charge in [-0.05, 0) is 36.8 Å². The molecule has 0 spiro atoms. The summed E-state index contributed by atoms with van der Waals surface area (Å²) in [6, 6.07) is 8.29. The van der Waals surface area contributed by atoms with E-state index in [1.807, 2.05) is 18.4 Å². The Kier molecular flexibility index (Phi) is 10.1. The summed E-state index contributed by atoms with van der Waals surface area (Å²) in [6.07, 6.45) is 5.73. The van der Waals surface area contributed by atoms with Crippen molar-refractivity contribution in [2.24, 2.45) is 4.99 Å². The van der Waals surface area contributed by atoms with Gasteiger partial charge in [0.25, 0.3) is 0 Å². The maximum absolute atomic E-state index is 14.4. The number of aryl methyl sites for hydroxylation is 1. The Morgan fingerprint density at radius 3 is 2.81 bits per heavy atom. The maximum atomic E-state index is 14.4. The molecule has 0 saturated heterocycles. The molecular weight excluding hydrogens is 512 g/mol. The van der Waals surface area contributed by atoms with Crippen LogP contribution in [0.3, 0.4) is 0 Å². The van der Waals surface area contributed by atoms with E-state index < -0.39 is 5.82 Å². The van der Waals surface area contributed by atoms with Gasteiger partial charge in [-0.1, -0.05) is 13.0 Å². The van der Waals surface area contributed by atoms with Gasteiger partial charge in [0, 0.05) is 32.3 Å². The second-order valence-corrected chi connectivity index (χ2v) is 6.47. The third-order valence-electron chi connectivity index (χ3n) is 4.28. The molecule has 0 unspecified atom stereocenters. The first kappa shape index (κ1) is 24.5. The standard InChI is InChI=1S/C21H26FN7O.HI/c1-3-20-28-27-15-29(20)11-10-25-21(24-4-2)26-13-16-7-8-19(18(22)12-16)30-17-6-5-9-23-14-17;/h5-9,12,14-15H,3-4,10-11,13H2,1-2H3,(H2,24,25,26);1H. The van der Waals surface area contributed by atoms with Crippen LogP contribution in [0.25, 0.3) is 0 Å². The highest BCUT2D eigenvalue weighted by atomic mass is 127. The molecule has 0 aliphatic carbocycles. The lowest BCUT2D eigenvalue weighted by molar-refractivity contribution is 0.440. The van der Waals surface area contributed by atoms with E-state index in [1.165, 1.54) is 12.3 Å². The van der Waals surface area contributed by atoms with Crippen LogP contribution in [-0.2, 0) is 19.5 Å². The Balaban J connectivity index is 0.00000341. The number of hydrogen-bond donors (Lipinski definition) is 2. The summed E-state index contributed by atoms with van der Waals surface area (Å²) in [6.45, 7) is 6.51. The average molecular weight is 539 g/mol. The van der Waals surface area contributed by atoms with E-state index in [0.717, 1.165) is 30.9 Å². The summed E-state index contributed by atoms with van der Waals surface area (Å²) < 4.78 is 21.9. The molecule has 31 heavy (non-hydrogen) atoms. The monoisotopic (exact) mass is 539 g/mol. The van der Waals surface area contributed by atoms with Crippen LogP contribution in [-0.4, -0.2) is 38.8 Å². The molecule has 3 aromatic rings. The fourth-order valence-corrected chi connectivity index (χ4v) is 2.81. The lowest BCUT2D eigenvalue weighted by atomic mass is 10.2. The highest BCUT2D eigenvalue weighted by molar-refractivity contribution is 14.0. The zero-order valence-corrected chi connectivity index (χ0v) is 19.9. The Hall–Kier alpha value is -2.76. The molecule has 2 N–H and O–H groups in total. The molecule has 1 aromatic carbocycles. The Morgan fingerprint density at radius 2 is 2.10 bits per heavy atom. The first-order valence-electron chi connectivity index (χ1n) is 9.94. The number of nitrogens with zero attached hydrogens (tertiary/aromatic N) is 5. The van der Waals surface area contributed by atoms with Gasteiger partial charge in [-0.3, -0.25) is 4.98 Å². The first-order chi connectivity index (χ1) is 14.7. The minimum atomic E-state index is -0.441. The van der Waals surface area contributed by atoms with Crippen molar-refractivity contribution in [2.75, 3.05) is 13.1 Å². The summed E-state index contributed by atoms with van der Waals surface area (Å²) >= 11 is 0. The molecule has 0 aliphatic heterocycles. The SMILES string of the molecule is CCNC(=NCc1ccc(Oc2cccnc2)c(F)c1)NCCn1cnnc1CC.I. The van der Waals surface area contributed by atoms with E-state index >= 15 is 0 Å². The van der Waals surface area contributed by atoms with Crippen molar-refractivity contribution in [2.45, 2.75) is 33.4 Å². The van der Waals surface area contributed by atoms with E-state index in [9.17, 15) is 4.39 Å². The smallest absolute Gasteiger partial charge is 0.191 e. The molecular formula is C21H27FIN7O. The second kappa shape index (κ2) is 12.8. The predicted octanol–water partition coefficient (Wildman–Crippen LogP) is 3.54. The number of halogens is 2. The van der Waals surface area contributed by atoms with Crippen LogP contribution in [0.4, 0.5) is 4.39 Å². The van der Waals surface area contributed by atoms with Crippen molar-refractivity contribution in [1.82, 2.24) is 30.4 Å². The second-order valence-electron chi connectivity index (χ2n) is 6.47. The number of aliphatic imine (C=N–C) groups is 1. The molecule has 0 radical (unpaired) electrons. The van der Waals surface area contributed by atoms with Gasteiger partial charge in [-0.2, -0.15) is 0 Å². The molecule has 2 heterocycles. The first-order valence-corrected chi connectivity index (χ1v) is 9.94. The molecule has 0 bridgehead atoms. The normalized spacial score (nSPS) is 11.0. The van der Waals surface area contributed by atoms with E-state index in [1.54, 1.807) is 36.8 Å². The van der Waals surface area contributed by atoms with Crippen molar-refractivity contribution < 1.29 is 9.13 Å². The van der Waals surface area contributed by atoms with Crippen LogP contribution in [0.5, 0.6) is 11.5 Å². The summed E-state index contributed by atoms with van der Waals surface area (Å²) in [5.41, 5.74) is 0.746. The lowest BCUT2D eigenvalue weighted by Gasteiger charge is -2.12. The number of rotatable bonds is 9. The average Bonchev–Trinajstić information content (AvgIpc) is 3.22. The van der Waals surface area contributed by atoms with Crippen LogP contribution in [0, 0.1) is 5.82 Å². The van der Waals surface area contributed by atoms with Crippen molar-refractivity contribution in [1.29, 1.82) is 0 Å². The number of aromatic nitrogens is 4. The quantitative estimate of drug-likeness (QED) is 0.246. The molecule has 2 aromatic heterocycles. The van der Waals surface area contributed by atoms with Crippen molar-refractivity contribution in [3.63, 3.8) is 0 Å². The number of guanidine groups is 1. The van der Waals surface area contributed by atoms with Crippen LogP contribution in [0.1, 0.15) is 25.2 Å². The molecule has 10 heteroatoms. The van der Waals surface area contributed by atoms with E-state index in [2.05, 4.69) is 30.8 Å². The largest absolute Gasteiger partial charge is 0.453 e. The molecule has 0 amide bonds. The van der Waals surface area contributed by atoms with Gasteiger partial charge in [0.2, 0.25) is 0 Å². The molecule has 0 saturated carbocycles. The number of nitrogens with one attached hydrogen (secondary N) is 2. The minimum absolute atomic E-state index is 0. The molecule has 0 aliphatic rings. The third-order valence-corrected chi connectivity index (χ3v) is 4.28. The van der Waals surface area contributed by atoms with Gasteiger partial charge in [0.1, 0.15) is 17.9 Å². The lowest BCUT2D eigenvalue weighted by Crippen LogP contribution is -2.38. The summed E-state index contributed by atoms with van der Waals surface area (Å²) in [7, 11) is 0. The van der Waals surface area contributed by atoms with Gasteiger partial charge >= 0.3 is 0 Å². The third kappa shape index (κ3) is 7.46. The van der Waals surface area contributed by atoms with Gasteiger partial charge in [0.05, 0.1) is 12.7 Å². The highest BCUT2D eigenvalue weighted by Crippen LogP contribution is 2.24. The van der Waals surface area contributed by atoms with Gasteiger partial charge < -0.3 is 19.9 Å². The van der Waals surface area contributed by atoms with Gasteiger partial charge in [0.15, 0.2) is 17.5 Å². The predicted molar refractivity (Wildman–Crippen MR) is 128 cm³/mol. The topological polar surface area (TPSA) is 89.3 Å². The van der Waals surface area contributed by atoms with Crippen LogP contribution in [0.15, 0.2) is 54.0 Å². The Labute approximate surface area is 198 Å². The summed E-state index contributed by atoms with van der Waals surface area (Å²) in [5.74, 6) is 1.81. The maximum Gasteiger partial charge on any atom is 0.191 e. The van der Waals surface area contributed by atoms with Crippen LogP contribution >= 0.6 is 24.0 Å². The number of hydrogen-bond acceptors (Lipinski definition) is 5. The molecule has 0 atom stereocenters. The van der Waals surface area contributed by atoms with Gasteiger partial charge in [-0.15, -0.1) is 34.2 Å².